The highest BCUT2D eigenvalue weighted by Crippen LogP contribution is 2.40. The molecule has 4 heterocycles. The number of furan rings is 1. The molecule has 0 radical (unpaired) electrons. The molecule has 2 atom stereocenters. The van der Waals surface area contributed by atoms with E-state index in [4.69, 9.17) is 4.42 Å². The summed E-state index contributed by atoms with van der Waals surface area (Å²) >= 11 is 1.55. The molecule has 3 aliphatic rings. The highest BCUT2D eigenvalue weighted by atomic mass is 32.1. The Bertz CT molecular complexity index is 1300. The predicted molar refractivity (Wildman–Crippen MR) is 125 cm³/mol. The van der Waals surface area contributed by atoms with E-state index in [2.05, 4.69) is 10.4 Å². The lowest BCUT2D eigenvalue weighted by atomic mass is 9.76. The summed E-state index contributed by atoms with van der Waals surface area (Å²) in [5, 5.41) is 10.8. The van der Waals surface area contributed by atoms with Gasteiger partial charge in [-0.15, -0.1) is 11.3 Å². The number of fused-ring (bicyclic) bond motifs is 2. The first kappa shape index (κ1) is 20.9. The number of rotatable bonds is 4. The van der Waals surface area contributed by atoms with E-state index >= 15 is 0 Å². The van der Waals surface area contributed by atoms with Crippen LogP contribution in [0.15, 0.2) is 69.7 Å². The third-order valence-electron chi connectivity index (χ3n) is 6.79. The van der Waals surface area contributed by atoms with Gasteiger partial charge >= 0.3 is 6.03 Å². The molecule has 0 saturated carbocycles. The van der Waals surface area contributed by atoms with Gasteiger partial charge in [0, 0.05) is 6.42 Å². The summed E-state index contributed by atoms with van der Waals surface area (Å²) in [5.41, 5.74) is 1.54. The fourth-order valence-electron chi connectivity index (χ4n) is 5.20. The second kappa shape index (κ2) is 7.95. The van der Waals surface area contributed by atoms with E-state index in [1.54, 1.807) is 29.7 Å². The van der Waals surface area contributed by atoms with Crippen molar-refractivity contribution in [2.45, 2.75) is 37.3 Å². The Morgan fingerprint density at radius 1 is 1.18 bits per heavy atom. The van der Waals surface area contributed by atoms with E-state index in [0.717, 1.165) is 39.5 Å². The molecule has 1 spiro atoms. The normalized spacial score (nSPS) is 23.9. The topological polar surface area (TPSA) is 95.2 Å². The number of hydrogen-bond acceptors (Lipinski definition) is 6. The molecular formula is C25H22N4O4S. The van der Waals surface area contributed by atoms with Gasteiger partial charge in [-0.2, -0.15) is 5.10 Å². The van der Waals surface area contributed by atoms with Gasteiger partial charge in [0.1, 0.15) is 23.9 Å². The van der Waals surface area contributed by atoms with Gasteiger partial charge in [0.05, 0.1) is 16.9 Å². The Kier molecular flexibility index (Phi) is 4.88. The van der Waals surface area contributed by atoms with Crippen LogP contribution in [0.2, 0.25) is 0 Å². The van der Waals surface area contributed by atoms with Crippen molar-refractivity contribution in [2.75, 3.05) is 6.54 Å². The predicted octanol–water partition coefficient (Wildman–Crippen LogP) is 3.80. The van der Waals surface area contributed by atoms with E-state index in [1.807, 2.05) is 41.8 Å². The summed E-state index contributed by atoms with van der Waals surface area (Å²) in [6, 6.07) is 14.2. The van der Waals surface area contributed by atoms with E-state index in [1.165, 1.54) is 5.01 Å². The molecule has 2 aliphatic heterocycles. The largest absolute Gasteiger partial charge is 0.467 e. The summed E-state index contributed by atoms with van der Waals surface area (Å²) in [4.78, 5) is 42.0. The molecular weight excluding hydrogens is 452 g/mol. The summed E-state index contributed by atoms with van der Waals surface area (Å²) in [7, 11) is 0. The number of hydrogen-bond donors (Lipinski definition) is 1. The number of amides is 4. The molecule has 6 rings (SSSR count). The van der Waals surface area contributed by atoms with Gasteiger partial charge in [0.2, 0.25) is 0 Å². The van der Waals surface area contributed by atoms with Crippen LogP contribution in [0.5, 0.6) is 0 Å². The second-order valence-electron chi connectivity index (χ2n) is 8.74. The molecule has 34 heavy (non-hydrogen) atoms. The van der Waals surface area contributed by atoms with Crippen molar-refractivity contribution in [3.05, 3.63) is 81.9 Å². The number of benzene rings is 1. The van der Waals surface area contributed by atoms with Crippen molar-refractivity contribution < 1.29 is 18.8 Å². The van der Waals surface area contributed by atoms with E-state index in [-0.39, 0.29) is 12.5 Å². The van der Waals surface area contributed by atoms with Crippen LogP contribution >= 0.6 is 11.3 Å². The molecule has 1 N–H and O–H groups in total. The second-order valence-corrected chi connectivity index (χ2v) is 9.68. The van der Waals surface area contributed by atoms with Crippen LogP contribution < -0.4 is 5.32 Å². The number of urea groups is 1. The van der Waals surface area contributed by atoms with Gasteiger partial charge in [0.15, 0.2) is 0 Å². The van der Waals surface area contributed by atoms with Crippen LogP contribution in [0.1, 0.15) is 47.1 Å². The number of thiophene rings is 1. The molecule has 172 valence electrons. The minimum Gasteiger partial charge on any atom is -0.467 e. The zero-order chi connectivity index (χ0) is 23.3. The average Bonchev–Trinajstić information content (AvgIpc) is 3.64. The van der Waals surface area contributed by atoms with E-state index in [9.17, 15) is 14.4 Å². The number of hydrazone groups is 1. The molecule has 8 nitrogen and oxygen atoms in total. The maximum atomic E-state index is 13.6. The molecule has 1 fully saturated rings. The van der Waals surface area contributed by atoms with Gasteiger partial charge in [-0.05, 0) is 54.0 Å². The van der Waals surface area contributed by atoms with Crippen molar-refractivity contribution in [1.29, 1.82) is 0 Å². The van der Waals surface area contributed by atoms with Crippen LogP contribution in [0, 0.1) is 0 Å². The first-order valence-electron chi connectivity index (χ1n) is 11.3. The third kappa shape index (κ3) is 3.19. The van der Waals surface area contributed by atoms with Gasteiger partial charge in [-0.25, -0.2) is 9.80 Å². The summed E-state index contributed by atoms with van der Waals surface area (Å²) in [6.07, 6.45) is 4.21. The maximum Gasteiger partial charge on any atom is 0.325 e. The van der Waals surface area contributed by atoms with Crippen LogP contribution in [-0.4, -0.2) is 40.0 Å². The molecule has 1 aromatic carbocycles. The van der Waals surface area contributed by atoms with Crippen LogP contribution in [0.25, 0.3) is 0 Å². The molecule has 0 unspecified atom stereocenters. The Morgan fingerprint density at radius 2 is 2.06 bits per heavy atom. The molecule has 1 saturated heterocycles. The van der Waals surface area contributed by atoms with Crippen LogP contribution in [0.4, 0.5) is 4.79 Å². The molecule has 1 aliphatic carbocycles. The number of aryl methyl sites for hydroxylation is 1. The lowest BCUT2D eigenvalue weighted by Gasteiger charge is -2.33. The molecule has 0 bridgehead atoms. The number of carbonyl (C=O) groups is 3. The fourth-order valence-corrected chi connectivity index (χ4v) is 5.92. The fraction of sp³-hybridized carbons (Fsp3) is 0.280. The quantitative estimate of drug-likeness (QED) is 0.582. The van der Waals surface area contributed by atoms with E-state index < -0.39 is 23.5 Å². The number of nitrogens with zero attached hydrogens (tertiary/aromatic N) is 3. The highest BCUT2D eigenvalue weighted by molar-refractivity contribution is 7.12. The zero-order valence-electron chi connectivity index (χ0n) is 18.3. The Morgan fingerprint density at radius 3 is 2.85 bits per heavy atom. The molecule has 2 aromatic heterocycles. The Hall–Kier alpha value is -3.72. The van der Waals surface area contributed by atoms with Crippen molar-refractivity contribution in [2.24, 2.45) is 5.10 Å². The van der Waals surface area contributed by atoms with Crippen LogP contribution in [-0.2, 0) is 21.5 Å². The SMILES string of the molecule is O=C1N[C@@]2(CCCc3ccccc32)C(=O)N1CC(=O)N1N=C(c2cccs2)C[C@@H]1c1ccco1. The van der Waals surface area contributed by atoms with Crippen molar-refractivity contribution in [1.82, 2.24) is 15.2 Å². The highest BCUT2D eigenvalue weighted by Gasteiger charge is 2.54. The first-order chi connectivity index (χ1) is 16.6. The lowest BCUT2D eigenvalue weighted by Crippen LogP contribution is -2.47. The summed E-state index contributed by atoms with van der Waals surface area (Å²) < 4.78 is 5.58. The summed E-state index contributed by atoms with van der Waals surface area (Å²) in [5.74, 6) is -0.203. The summed E-state index contributed by atoms with van der Waals surface area (Å²) in [6.45, 7) is -0.382. The molecule has 9 heteroatoms. The monoisotopic (exact) mass is 474 g/mol. The van der Waals surface area contributed by atoms with Gasteiger partial charge in [0.25, 0.3) is 11.8 Å². The Labute approximate surface area is 199 Å². The number of nitrogens with one attached hydrogen (secondary N) is 1. The average molecular weight is 475 g/mol. The van der Waals surface area contributed by atoms with Crippen LogP contribution in [0.3, 0.4) is 0 Å². The maximum absolute atomic E-state index is 13.6. The third-order valence-corrected chi connectivity index (χ3v) is 7.71. The zero-order valence-corrected chi connectivity index (χ0v) is 19.1. The lowest BCUT2D eigenvalue weighted by molar-refractivity contribution is -0.140. The first-order valence-corrected chi connectivity index (χ1v) is 12.1. The van der Waals surface area contributed by atoms with E-state index in [0.29, 0.717) is 18.6 Å². The Balaban J connectivity index is 1.29. The van der Waals surface area contributed by atoms with Crippen molar-refractivity contribution >= 4 is 34.9 Å². The van der Waals surface area contributed by atoms with Gasteiger partial charge in [-0.1, -0.05) is 30.3 Å². The van der Waals surface area contributed by atoms with Gasteiger partial charge in [-0.3, -0.25) is 14.5 Å². The smallest absolute Gasteiger partial charge is 0.325 e. The standard InChI is InChI=1S/C25H22N4O4S/c30-22(29-19(20-9-4-12-33-20)14-18(27-29)21-10-5-13-34-21)15-28-23(31)25(26-24(28)32)11-3-7-16-6-1-2-8-17(16)25/h1-2,4-6,8-10,12-13,19H,3,7,11,14-15H2,(H,26,32)/t19-,25-/m1/s1. The number of imide groups is 1. The van der Waals surface area contributed by atoms with Gasteiger partial charge < -0.3 is 9.73 Å². The minimum absolute atomic E-state index is 0.380. The molecule has 4 amide bonds. The minimum atomic E-state index is -1.11. The molecule has 3 aromatic rings. The number of carbonyl (C=O) groups excluding carboxylic acids is 3. The van der Waals surface area contributed by atoms with Crippen molar-refractivity contribution in [3.63, 3.8) is 0 Å². The van der Waals surface area contributed by atoms with Crippen molar-refractivity contribution in [3.8, 4) is 0 Å².